The molecule has 1 aliphatic heterocycles. The molecular weight excluding hydrogens is 316 g/mol. The van der Waals surface area contributed by atoms with Gasteiger partial charge in [0.1, 0.15) is 0 Å². The monoisotopic (exact) mass is 340 g/mol. The van der Waals surface area contributed by atoms with Crippen LogP contribution in [0, 0.1) is 0 Å². The zero-order valence-corrected chi connectivity index (χ0v) is 14.1. The number of anilines is 1. The van der Waals surface area contributed by atoms with E-state index in [0.29, 0.717) is 6.04 Å². The molecule has 1 heterocycles. The molecule has 3 nitrogen and oxygen atoms in total. The Balaban J connectivity index is 2.12. The molecule has 0 spiro atoms. The first-order chi connectivity index (χ1) is 9.72. The van der Waals surface area contributed by atoms with Crippen molar-refractivity contribution >= 4 is 21.6 Å². The zero-order valence-electron chi connectivity index (χ0n) is 12.5. The van der Waals surface area contributed by atoms with E-state index >= 15 is 0 Å². The quantitative estimate of drug-likeness (QED) is 0.801. The lowest BCUT2D eigenvalue weighted by Crippen LogP contribution is -2.37. The number of benzene rings is 1. The van der Waals surface area contributed by atoms with Crippen LogP contribution in [0.4, 0.5) is 5.69 Å². The third-order valence-corrected chi connectivity index (χ3v) is 4.40. The van der Waals surface area contributed by atoms with E-state index in [0.717, 1.165) is 43.6 Å². The Bertz CT molecular complexity index is 419. The maximum atomic E-state index is 5.47. The molecule has 0 saturated carbocycles. The van der Waals surface area contributed by atoms with Gasteiger partial charge in [0.25, 0.3) is 0 Å². The lowest BCUT2D eigenvalue weighted by atomic mass is 10.0. The van der Waals surface area contributed by atoms with Crippen molar-refractivity contribution in [2.24, 2.45) is 0 Å². The highest BCUT2D eigenvalue weighted by molar-refractivity contribution is 9.10. The van der Waals surface area contributed by atoms with Crippen molar-refractivity contribution in [1.82, 2.24) is 5.32 Å². The fourth-order valence-corrected chi connectivity index (χ4v) is 3.03. The van der Waals surface area contributed by atoms with Gasteiger partial charge in [0.05, 0.1) is 0 Å². The molecule has 112 valence electrons. The van der Waals surface area contributed by atoms with Gasteiger partial charge in [-0.05, 0) is 43.5 Å². The highest BCUT2D eigenvalue weighted by atomic mass is 79.9. The largest absolute Gasteiger partial charge is 0.381 e. The molecule has 0 amide bonds. The van der Waals surface area contributed by atoms with E-state index in [-0.39, 0.29) is 0 Å². The molecule has 0 aromatic heterocycles. The molecule has 0 unspecified atom stereocenters. The minimum Gasteiger partial charge on any atom is -0.381 e. The van der Waals surface area contributed by atoms with Crippen LogP contribution in [0.15, 0.2) is 22.7 Å². The van der Waals surface area contributed by atoms with Gasteiger partial charge in [0.2, 0.25) is 0 Å². The first-order valence-electron chi connectivity index (χ1n) is 7.52. The molecular formula is C16H25BrN2O. The average molecular weight is 341 g/mol. The molecule has 20 heavy (non-hydrogen) atoms. The summed E-state index contributed by atoms with van der Waals surface area (Å²) in [5.74, 6) is 0. The third kappa shape index (κ3) is 4.21. The molecule has 2 rings (SSSR count). The topological polar surface area (TPSA) is 24.5 Å². The maximum Gasteiger partial charge on any atom is 0.0485 e. The van der Waals surface area contributed by atoms with E-state index < -0.39 is 0 Å². The van der Waals surface area contributed by atoms with Crippen molar-refractivity contribution in [2.75, 3.05) is 31.7 Å². The van der Waals surface area contributed by atoms with Crippen molar-refractivity contribution < 1.29 is 4.74 Å². The second-order valence-electron chi connectivity index (χ2n) is 5.40. The average Bonchev–Trinajstić information content (AvgIpc) is 2.49. The lowest BCUT2D eigenvalue weighted by molar-refractivity contribution is 0.0854. The molecule has 4 heteroatoms. The number of halogens is 1. The fourth-order valence-electron chi connectivity index (χ4n) is 2.68. The van der Waals surface area contributed by atoms with E-state index in [4.69, 9.17) is 4.74 Å². The Hall–Kier alpha value is -0.580. The van der Waals surface area contributed by atoms with E-state index in [1.54, 1.807) is 0 Å². The van der Waals surface area contributed by atoms with Gasteiger partial charge in [-0.2, -0.15) is 0 Å². The molecule has 1 saturated heterocycles. The van der Waals surface area contributed by atoms with Crippen molar-refractivity contribution in [1.29, 1.82) is 0 Å². The second-order valence-corrected chi connectivity index (χ2v) is 6.32. The number of ether oxygens (including phenoxy) is 1. The third-order valence-electron chi connectivity index (χ3n) is 3.91. The van der Waals surface area contributed by atoms with Crippen LogP contribution in [0.2, 0.25) is 0 Å². The summed E-state index contributed by atoms with van der Waals surface area (Å²) in [7, 11) is 2.21. The normalized spacial score (nSPS) is 16.4. The first kappa shape index (κ1) is 15.8. The molecule has 1 fully saturated rings. The predicted molar refractivity (Wildman–Crippen MR) is 88.4 cm³/mol. The van der Waals surface area contributed by atoms with Crippen LogP contribution in [-0.2, 0) is 11.3 Å². The van der Waals surface area contributed by atoms with Crippen LogP contribution >= 0.6 is 15.9 Å². The SMILES string of the molecule is CCCNCc1ccc(Br)cc1N(C)C1CCOCC1. The number of hydrogen-bond acceptors (Lipinski definition) is 3. The van der Waals surface area contributed by atoms with Gasteiger partial charge in [-0.25, -0.2) is 0 Å². The number of rotatable bonds is 6. The first-order valence-corrected chi connectivity index (χ1v) is 8.31. The van der Waals surface area contributed by atoms with Crippen LogP contribution < -0.4 is 10.2 Å². The highest BCUT2D eigenvalue weighted by Crippen LogP contribution is 2.28. The van der Waals surface area contributed by atoms with Crippen molar-refractivity contribution in [3.63, 3.8) is 0 Å². The van der Waals surface area contributed by atoms with Crippen LogP contribution in [0.3, 0.4) is 0 Å². The van der Waals surface area contributed by atoms with Crippen LogP contribution in [0.5, 0.6) is 0 Å². The minimum atomic E-state index is 0.586. The summed E-state index contributed by atoms with van der Waals surface area (Å²) < 4.78 is 6.62. The van der Waals surface area contributed by atoms with Gasteiger partial charge < -0.3 is 15.0 Å². The van der Waals surface area contributed by atoms with E-state index in [9.17, 15) is 0 Å². The van der Waals surface area contributed by atoms with Gasteiger partial charge in [0, 0.05) is 43.0 Å². The van der Waals surface area contributed by atoms with Gasteiger partial charge in [-0.15, -0.1) is 0 Å². The van der Waals surface area contributed by atoms with E-state index in [1.807, 2.05) is 0 Å². The van der Waals surface area contributed by atoms with Gasteiger partial charge in [-0.3, -0.25) is 0 Å². The number of hydrogen-bond donors (Lipinski definition) is 1. The summed E-state index contributed by atoms with van der Waals surface area (Å²) in [4.78, 5) is 2.43. The summed E-state index contributed by atoms with van der Waals surface area (Å²) in [5.41, 5.74) is 2.70. The summed E-state index contributed by atoms with van der Waals surface area (Å²) in [6, 6.07) is 7.17. The summed E-state index contributed by atoms with van der Waals surface area (Å²) >= 11 is 3.60. The molecule has 1 aromatic carbocycles. The molecule has 0 atom stereocenters. The summed E-state index contributed by atoms with van der Waals surface area (Å²) in [5, 5.41) is 3.50. The van der Waals surface area contributed by atoms with Crippen LogP contribution in [0.1, 0.15) is 31.7 Å². The molecule has 1 aliphatic rings. The lowest BCUT2D eigenvalue weighted by Gasteiger charge is -2.34. The van der Waals surface area contributed by atoms with Gasteiger partial charge >= 0.3 is 0 Å². The second kappa shape index (κ2) is 8.01. The number of nitrogens with zero attached hydrogens (tertiary/aromatic N) is 1. The van der Waals surface area contributed by atoms with E-state index in [2.05, 4.69) is 58.3 Å². The molecule has 0 bridgehead atoms. The van der Waals surface area contributed by atoms with E-state index in [1.165, 1.54) is 17.7 Å². The Morgan fingerprint density at radius 1 is 1.35 bits per heavy atom. The number of nitrogens with one attached hydrogen (secondary N) is 1. The standard InChI is InChI=1S/C16H25BrN2O/c1-3-8-18-12-13-4-5-14(17)11-16(13)19(2)15-6-9-20-10-7-15/h4-5,11,15,18H,3,6-10,12H2,1-2H3. The van der Waals surface area contributed by atoms with Gasteiger partial charge in [0.15, 0.2) is 0 Å². The van der Waals surface area contributed by atoms with Crippen LogP contribution in [-0.4, -0.2) is 32.8 Å². The highest BCUT2D eigenvalue weighted by Gasteiger charge is 2.20. The Kier molecular flexibility index (Phi) is 6.33. The van der Waals surface area contributed by atoms with Crippen molar-refractivity contribution in [3.05, 3.63) is 28.2 Å². The smallest absolute Gasteiger partial charge is 0.0485 e. The van der Waals surface area contributed by atoms with Gasteiger partial charge in [-0.1, -0.05) is 28.9 Å². The molecule has 1 aromatic rings. The zero-order chi connectivity index (χ0) is 14.4. The predicted octanol–water partition coefficient (Wildman–Crippen LogP) is 3.56. The molecule has 0 aliphatic carbocycles. The maximum absolute atomic E-state index is 5.47. The summed E-state index contributed by atoms with van der Waals surface area (Å²) in [6.07, 6.45) is 3.40. The Morgan fingerprint density at radius 3 is 2.80 bits per heavy atom. The minimum absolute atomic E-state index is 0.586. The fraction of sp³-hybridized carbons (Fsp3) is 0.625. The Labute approximate surface area is 130 Å². The van der Waals surface area contributed by atoms with Crippen molar-refractivity contribution in [3.8, 4) is 0 Å². The Morgan fingerprint density at radius 2 is 2.10 bits per heavy atom. The molecule has 1 N–H and O–H groups in total. The van der Waals surface area contributed by atoms with Crippen molar-refractivity contribution in [2.45, 2.75) is 38.8 Å². The molecule has 0 radical (unpaired) electrons. The summed E-state index contributed by atoms with van der Waals surface area (Å²) in [6.45, 7) is 5.96. The van der Waals surface area contributed by atoms with Crippen LogP contribution in [0.25, 0.3) is 0 Å².